The molecule has 0 radical (unpaired) electrons. The minimum absolute atomic E-state index is 0.126. The van der Waals surface area contributed by atoms with Crippen LogP contribution < -0.4 is 10.5 Å². The van der Waals surface area contributed by atoms with Crippen LogP contribution in [0, 0.1) is 5.82 Å². The summed E-state index contributed by atoms with van der Waals surface area (Å²) in [5.41, 5.74) is 8.93. The van der Waals surface area contributed by atoms with E-state index in [2.05, 4.69) is 51.0 Å². The van der Waals surface area contributed by atoms with Gasteiger partial charge in [-0.25, -0.2) is 4.39 Å². The van der Waals surface area contributed by atoms with Crippen LogP contribution in [0.4, 0.5) is 10.1 Å². The Hall–Kier alpha value is -2.70. The molecule has 4 nitrogen and oxygen atoms in total. The lowest BCUT2D eigenvalue weighted by molar-refractivity contribution is 0.292. The van der Waals surface area contributed by atoms with Crippen molar-refractivity contribution >= 4 is 14.0 Å². The number of hydrogen-bond acceptors (Lipinski definition) is 4. The SMILES string of the molecule is CC(C)(C)[Si](C)(C)OCCc1ccc(-c2cnccc2Oc2ccc(N)cc2F)cc1. The number of ether oxygens (including phenoxy) is 1. The summed E-state index contributed by atoms with van der Waals surface area (Å²) < 4.78 is 26.3. The zero-order valence-electron chi connectivity index (χ0n) is 18.9. The van der Waals surface area contributed by atoms with Crippen LogP contribution in [-0.2, 0) is 10.8 Å². The van der Waals surface area contributed by atoms with Gasteiger partial charge in [-0.1, -0.05) is 45.0 Å². The van der Waals surface area contributed by atoms with E-state index in [9.17, 15) is 4.39 Å². The van der Waals surface area contributed by atoms with Gasteiger partial charge in [-0.05, 0) is 53.9 Å². The van der Waals surface area contributed by atoms with Crippen molar-refractivity contribution in [1.29, 1.82) is 0 Å². The maximum atomic E-state index is 14.2. The predicted octanol–water partition coefficient (Wildman–Crippen LogP) is 6.83. The average Bonchev–Trinajstić information content (AvgIpc) is 2.70. The molecule has 1 heterocycles. The summed E-state index contributed by atoms with van der Waals surface area (Å²) >= 11 is 0. The van der Waals surface area contributed by atoms with Gasteiger partial charge in [-0.2, -0.15) is 0 Å². The highest BCUT2D eigenvalue weighted by Gasteiger charge is 2.36. The summed E-state index contributed by atoms with van der Waals surface area (Å²) in [6.45, 7) is 12.0. The minimum Gasteiger partial charge on any atom is -0.454 e. The lowest BCUT2D eigenvalue weighted by Gasteiger charge is -2.36. The Morgan fingerprint density at radius 2 is 1.71 bits per heavy atom. The first-order valence-electron chi connectivity index (χ1n) is 10.5. The molecule has 3 rings (SSSR count). The van der Waals surface area contributed by atoms with Gasteiger partial charge in [-0.3, -0.25) is 4.98 Å². The second-order valence-electron chi connectivity index (χ2n) is 9.22. The third-order valence-electron chi connectivity index (χ3n) is 5.88. The standard InChI is InChI=1S/C25H31FN2O2Si/c1-25(2,3)31(4,5)29-15-13-18-6-8-19(9-7-18)21-17-28-14-12-23(21)30-24-11-10-20(27)16-22(24)26/h6-12,14,16-17H,13,15,27H2,1-5H3. The van der Waals surface area contributed by atoms with Crippen LogP contribution in [0.1, 0.15) is 26.3 Å². The number of anilines is 1. The maximum Gasteiger partial charge on any atom is 0.191 e. The van der Waals surface area contributed by atoms with E-state index < -0.39 is 14.1 Å². The molecule has 0 atom stereocenters. The molecule has 6 heteroatoms. The van der Waals surface area contributed by atoms with Crippen LogP contribution in [0.2, 0.25) is 18.1 Å². The summed E-state index contributed by atoms with van der Waals surface area (Å²) in [7, 11) is -1.74. The fourth-order valence-electron chi connectivity index (χ4n) is 2.90. The molecule has 0 aliphatic rings. The van der Waals surface area contributed by atoms with Crippen molar-refractivity contribution in [2.45, 2.75) is 45.3 Å². The van der Waals surface area contributed by atoms with E-state index in [0.717, 1.165) is 17.5 Å². The molecule has 0 bridgehead atoms. The predicted molar refractivity (Wildman–Crippen MR) is 127 cm³/mol. The number of pyridine rings is 1. The smallest absolute Gasteiger partial charge is 0.191 e. The van der Waals surface area contributed by atoms with Crippen molar-refractivity contribution in [2.24, 2.45) is 0 Å². The van der Waals surface area contributed by atoms with E-state index in [4.69, 9.17) is 14.9 Å². The molecule has 1 aromatic heterocycles. The summed E-state index contributed by atoms with van der Waals surface area (Å²) in [5, 5.41) is 0.206. The van der Waals surface area contributed by atoms with Crippen LogP contribution in [0.25, 0.3) is 11.1 Å². The van der Waals surface area contributed by atoms with Crippen molar-refractivity contribution in [1.82, 2.24) is 4.98 Å². The fourth-order valence-corrected chi connectivity index (χ4v) is 3.94. The molecule has 0 saturated carbocycles. The van der Waals surface area contributed by atoms with Crippen LogP contribution in [-0.4, -0.2) is 19.9 Å². The average molecular weight is 439 g/mol. The van der Waals surface area contributed by atoms with Gasteiger partial charge in [0, 0.05) is 36.3 Å². The molecule has 0 amide bonds. The molecule has 0 aliphatic heterocycles. The zero-order valence-corrected chi connectivity index (χ0v) is 19.9. The van der Waals surface area contributed by atoms with Crippen molar-refractivity contribution in [2.75, 3.05) is 12.3 Å². The number of benzene rings is 2. The molecule has 0 saturated heterocycles. The second-order valence-corrected chi connectivity index (χ2v) is 14.0. The lowest BCUT2D eigenvalue weighted by atomic mass is 10.0. The molecule has 2 N–H and O–H groups in total. The molecule has 0 unspecified atom stereocenters. The van der Waals surface area contributed by atoms with E-state index in [1.165, 1.54) is 17.7 Å². The minimum atomic E-state index is -1.74. The Balaban J connectivity index is 1.72. The van der Waals surface area contributed by atoms with Gasteiger partial charge >= 0.3 is 0 Å². The van der Waals surface area contributed by atoms with E-state index >= 15 is 0 Å². The summed E-state index contributed by atoms with van der Waals surface area (Å²) in [6.07, 6.45) is 4.21. The Kier molecular flexibility index (Phi) is 6.82. The molecule has 31 heavy (non-hydrogen) atoms. The van der Waals surface area contributed by atoms with Crippen molar-refractivity contribution in [3.05, 3.63) is 72.3 Å². The number of nitrogens with zero attached hydrogens (tertiary/aromatic N) is 1. The third kappa shape index (κ3) is 5.71. The van der Waals surface area contributed by atoms with Gasteiger partial charge in [-0.15, -0.1) is 0 Å². The number of nitrogens with two attached hydrogens (primary N) is 1. The van der Waals surface area contributed by atoms with Gasteiger partial charge in [0.25, 0.3) is 0 Å². The molecular formula is C25H31FN2O2Si. The monoisotopic (exact) mass is 438 g/mol. The van der Waals surface area contributed by atoms with Gasteiger partial charge in [0.15, 0.2) is 19.9 Å². The van der Waals surface area contributed by atoms with E-state index in [1.807, 2.05) is 12.1 Å². The highest BCUT2D eigenvalue weighted by molar-refractivity contribution is 6.74. The number of hydrogen-bond donors (Lipinski definition) is 1. The fraction of sp³-hybridized carbons (Fsp3) is 0.320. The highest BCUT2D eigenvalue weighted by Crippen LogP contribution is 2.37. The molecule has 164 valence electrons. The van der Waals surface area contributed by atoms with Crippen LogP contribution in [0.5, 0.6) is 11.5 Å². The van der Waals surface area contributed by atoms with Crippen molar-refractivity contribution in [3.63, 3.8) is 0 Å². The quantitative estimate of drug-likeness (QED) is 0.324. The summed E-state index contributed by atoms with van der Waals surface area (Å²) in [5.74, 6) is 0.161. The van der Waals surface area contributed by atoms with E-state index in [0.29, 0.717) is 18.0 Å². The highest BCUT2D eigenvalue weighted by atomic mass is 28.4. The Morgan fingerprint density at radius 3 is 2.35 bits per heavy atom. The Bertz CT molecular complexity index is 1030. The Labute approximate surface area is 185 Å². The Morgan fingerprint density at radius 1 is 1.00 bits per heavy atom. The second kappa shape index (κ2) is 9.20. The number of aromatic nitrogens is 1. The van der Waals surface area contributed by atoms with Crippen LogP contribution in [0.3, 0.4) is 0 Å². The number of rotatable bonds is 7. The van der Waals surface area contributed by atoms with Crippen LogP contribution in [0.15, 0.2) is 60.9 Å². The van der Waals surface area contributed by atoms with Crippen LogP contribution >= 0.6 is 0 Å². The number of halogens is 1. The van der Waals surface area contributed by atoms with Crippen molar-refractivity contribution in [3.8, 4) is 22.6 Å². The van der Waals surface area contributed by atoms with E-state index in [1.54, 1.807) is 24.5 Å². The van der Waals surface area contributed by atoms with Gasteiger partial charge in [0.05, 0.1) is 0 Å². The largest absolute Gasteiger partial charge is 0.454 e. The summed E-state index contributed by atoms with van der Waals surface area (Å²) in [6, 6.07) is 14.4. The third-order valence-corrected chi connectivity index (χ3v) is 10.4. The molecule has 0 spiro atoms. The molecule has 0 fully saturated rings. The number of nitrogen functional groups attached to an aromatic ring is 1. The first kappa shape index (κ1) is 23.0. The molecule has 0 aliphatic carbocycles. The summed E-state index contributed by atoms with van der Waals surface area (Å²) in [4.78, 5) is 4.21. The normalized spacial score (nSPS) is 12.1. The van der Waals surface area contributed by atoms with Gasteiger partial charge in [0.1, 0.15) is 5.75 Å². The molecule has 2 aromatic carbocycles. The topological polar surface area (TPSA) is 57.4 Å². The molecular weight excluding hydrogens is 407 g/mol. The van der Waals surface area contributed by atoms with Gasteiger partial charge < -0.3 is 14.9 Å². The van der Waals surface area contributed by atoms with Gasteiger partial charge in [0.2, 0.25) is 0 Å². The van der Waals surface area contributed by atoms with E-state index in [-0.39, 0.29) is 10.8 Å². The maximum absolute atomic E-state index is 14.2. The first-order valence-corrected chi connectivity index (χ1v) is 13.4. The van der Waals surface area contributed by atoms with Crippen molar-refractivity contribution < 1.29 is 13.6 Å². The lowest BCUT2D eigenvalue weighted by Crippen LogP contribution is -2.41. The first-order chi connectivity index (χ1) is 14.6. The molecule has 3 aromatic rings. The zero-order chi connectivity index (χ0) is 22.6.